The summed E-state index contributed by atoms with van der Waals surface area (Å²) in [5.74, 6) is 0.226. The Labute approximate surface area is 192 Å². The minimum Gasteiger partial charge on any atom is -0.508 e. The van der Waals surface area contributed by atoms with Gasteiger partial charge in [0.15, 0.2) is 0 Å². The molecule has 33 heavy (non-hydrogen) atoms. The van der Waals surface area contributed by atoms with Crippen molar-refractivity contribution in [1.29, 1.82) is 0 Å². The van der Waals surface area contributed by atoms with Crippen molar-refractivity contribution in [2.24, 2.45) is 0 Å². The molecule has 3 aromatic carbocycles. The lowest BCUT2D eigenvalue weighted by atomic mass is 10.0. The van der Waals surface area contributed by atoms with Crippen molar-refractivity contribution in [2.45, 2.75) is 13.5 Å². The molecule has 6 heteroatoms. The van der Waals surface area contributed by atoms with Gasteiger partial charge < -0.3 is 23.9 Å². The number of aromatic hydroxyl groups is 1. The average Bonchev–Trinajstić information content (AvgIpc) is 3.23. The highest BCUT2D eigenvalue weighted by Gasteiger charge is 2.25. The second kappa shape index (κ2) is 9.00. The molecule has 1 aromatic heterocycles. The third-order valence-corrected chi connectivity index (χ3v) is 5.84. The Kier molecular flexibility index (Phi) is 5.75. The summed E-state index contributed by atoms with van der Waals surface area (Å²) in [7, 11) is 0. The number of fused-ring (bicyclic) bond motifs is 1. The smallest absolute Gasteiger partial charge is 0.343 e. The Bertz CT molecular complexity index is 1290. The van der Waals surface area contributed by atoms with E-state index in [0.29, 0.717) is 30.1 Å². The molecule has 0 unspecified atom stereocenters. The number of esters is 1. The van der Waals surface area contributed by atoms with Crippen molar-refractivity contribution in [2.75, 3.05) is 31.2 Å². The zero-order valence-electron chi connectivity index (χ0n) is 18.4. The van der Waals surface area contributed by atoms with Crippen molar-refractivity contribution < 1.29 is 23.8 Å². The Morgan fingerprint density at radius 1 is 1.03 bits per heavy atom. The molecule has 0 aliphatic carbocycles. The lowest BCUT2D eigenvalue weighted by Crippen LogP contribution is -2.36. The molecule has 1 aliphatic rings. The molecule has 168 valence electrons. The minimum atomic E-state index is -0.447. The Morgan fingerprint density at radius 3 is 2.58 bits per heavy atom. The molecule has 0 atom stereocenters. The summed E-state index contributed by atoms with van der Waals surface area (Å²) < 4.78 is 17.4. The summed E-state index contributed by atoms with van der Waals surface area (Å²) in [5.41, 5.74) is 4.78. The van der Waals surface area contributed by atoms with Crippen molar-refractivity contribution in [3.63, 3.8) is 0 Å². The Balaban J connectivity index is 1.55. The van der Waals surface area contributed by atoms with Crippen LogP contribution in [0.5, 0.6) is 5.75 Å². The van der Waals surface area contributed by atoms with E-state index in [4.69, 9.17) is 13.9 Å². The van der Waals surface area contributed by atoms with Crippen molar-refractivity contribution >= 4 is 22.6 Å². The number of carbonyl (C=O) groups is 1. The van der Waals surface area contributed by atoms with Gasteiger partial charge in [-0.1, -0.05) is 35.9 Å². The maximum Gasteiger partial charge on any atom is 0.343 e. The first-order valence-electron chi connectivity index (χ1n) is 11.0. The molecular weight excluding hydrogens is 418 g/mol. The van der Waals surface area contributed by atoms with Crippen molar-refractivity contribution in [3.05, 3.63) is 83.4 Å². The van der Waals surface area contributed by atoms with Crippen LogP contribution in [0.15, 0.2) is 71.1 Å². The lowest BCUT2D eigenvalue weighted by Gasteiger charge is -2.28. The number of hydrogen-bond acceptors (Lipinski definition) is 6. The van der Waals surface area contributed by atoms with Gasteiger partial charge in [0.2, 0.25) is 0 Å². The van der Waals surface area contributed by atoms with Crippen LogP contribution in [0.25, 0.3) is 22.3 Å². The molecule has 2 heterocycles. The summed E-state index contributed by atoms with van der Waals surface area (Å²) in [4.78, 5) is 15.6. The van der Waals surface area contributed by atoms with Crippen molar-refractivity contribution in [3.8, 4) is 17.1 Å². The topological polar surface area (TPSA) is 72.1 Å². The number of rotatable bonds is 5. The SMILES string of the molecule is Cc1cccc(-c2oc3ccc(N4CCOCC4)cc3c2C(=O)OCc2ccc(O)cc2)c1. The molecule has 0 amide bonds. The predicted octanol–water partition coefficient (Wildman–Crippen LogP) is 5.31. The van der Waals surface area contributed by atoms with Gasteiger partial charge in [0.1, 0.15) is 29.3 Å². The summed E-state index contributed by atoms with van der Waals surface area (Å²) in [5, 5.41) is 10.2. The molecule has 0 spiro atoms. The molecule has 0 saturated carbocycles. The van der Waals surface area contributed by atoms with E-state index in [2.05, 4.69) is 4.90 Å². The molecular formula is C27H25NO5. The van der Waals surface area contributed by atoms with Crippen LogP contribution in [0, 0.1) is 6.92 Å². The van der Waals surface area contributed by atoms with Gasteiger partial charge in [-0.05, 0) is 48.9 Å². The number of nitrogens with zero attached hydrogens (tertiary/aromatic N) is 1. The molecule has 6 nitrogen and oxygen atoms in total. The fourth-order valence-corrected chi connectivity index (χ4v) is 4.11. The van der Waals surface area contributed by atoms with E-state index in [0.717, 1.165) is 40.9 Å². The zero-order valence-corrected chi connectivity index (χ0v) is 18.4. The summed E-state index contributed by atoms with van der Waals surface area (Å²) in [6.45, 7) is 5.07. The van der Waals surface area contributed by atoms with Crippen LogP contribution in [-0.4, -0.2) is 37.4 Å². The van der Waals surface area contributed by atoms with E-state index < -0.39 is 5.97 Å². The fourth-order valence-electron chi connectivity index (χ4n) is 4.11. The second-order valence-corrected chi connectivity index (χ2v) is 8.20. The van der Waals surface area contributed by atoms with E-state index in [1.165, 1.54) is 0 Å². The number of phenolic OH excluding ortho intramolecular Hbond substituents is 1. The van der Waals surface area contributed by atoms with Crippen molar-refractivity contribution in [1.82, 2.24) is 0 Å². The minimum absolute atomic E-state index is 0.0994. The number of furan rings is 1. The van der Waals surface area contributed by atoms with Gasteiger partial charge in [0.05, 0.1) is 13.2 Å². The highest BCUT2D eigenvalue weighted by molar-refractivity contribution is 6.09. The van der Waals surface area contributed by atoms with Gasteiger partial charge in [-0.25, -0.2) is 4.79 Å². The average molecular weight is 443 g/mol. The van der Waals surface area contributed by atoms with E-state index in [-0.39, 0.29) is 12.4 Å². The van der Waals surface area contributed by atoms with Crippen LogP contribution in [0.1, 0.15) is 21.5 Å². The predicted molar refractivity (Wildman–Crippen MR) is 127 cm³/mol. The second-order valence-electron chi connectivity index (χ2n) is 8.20. The number of ether oxygens (including phenoxy) is 2. The monoisotopic (exact) mass is 443 g/mol. The number of carbonyl (C=O) groups excluding carboxylic acids is 1. The van der Waals surface area contributed by atoms with Crippen LogP contribution in [0.3, 0.4) is 0 Å². The zero-order chi connectivity index (χ0) is 22.8. The van der Waals surface area contributed by atoms with Gasteiger partial charge in [-0.15, -0.1) is 0 Å². The maximum absolute atomic E-state index is 13.4. The first-order chi connectivity index (χ1) is 16.1. The molecule has 1 N–H and O–H groups in total. The summed E-state index contributed by atoms with van der Waals surface area (Å²) in [6.07, 6.45) is 0. The Hall–Kier alpha value is -3.77. The summed E-state index contributed by atoms with van der Waals surface area (Å²) in [6, 6.07) is 20.4. The highest BCUT2D eigenvalue weighted by atomic mass is 16.5. The maximum atomic E-state index is 13.4. The molecule has 0 bridgehead atoms. The largest absolute Gasteiger partial charge is 0.508 e. The standard InChI is InChI=1S/C27H25NO5/c1-18-3-2-4-20(15-18)26-25(27(30)32-17-19-5-8-22(29)9-6-19)23-16-21(7-10-24(23)33-26)28-11-13-31-14-12-28/h2-10,15-16,29H,11-14,17H2,1H3. The van der Waals surface area contributed by atoms with Gasteiger partial charge >= 0.3 is 5.97 Å². The van der Waals surface area contributed by atoms with Crippen LogP contribution >= 0.6 is 0 Å². The molecule has 0 radical (unpaired) electrons. The number of aryl methyl sites for hydroxylation is 1. The van der Waals surface area contributed by atoms with Gasteiger partial charge in [-0.3, -0.25) is 0 Å². The first-order valence-corrected chi connectivity index (χ1v) is 11.0. The Morgan fingerprint density at radius 2 is 1.82 bits per heavy atom. The van der Waals surface area contributed by atoms with Gasteiger partial charge in [0, 0.05) is 29.7 Å². The molecule has 5 rings (SSSR count). The van der Waals surface area contributed by atoms with Gasteiger partial charge in [0.25, 0.3) is 0 Å². The van der Waals surface area contributed by atoms with Crippen LogP contribution in [0.4, 0.5) is 5.69 Å². The van der Waals surface area contributed by atoms with E-state index in [1.807, 2.05) is 49.4 Å². The van der Waals surface area contributed by atoms with Crippen LogP contribution in [0.2, 0.25) is 0 Å². The number of phenols is 1. The highest BCUT2D eigenvalue weighted by Crippen LogP contribution is 2.37. The third-order valence-electron chi connectivity index (χ3n) is 5.84. The van der Waals surface area contributed by atoms with Crippen LogP contribution in [-0.2, 0) is 16.1 Å². The molecule has 1 aliphatic heterocycles. The molecule has 1 saturated heterocycles. The lowest BCUT2D eigenvalue weighted by molar-refractivity contribution is 0.0475. The quantitative estimate of drug-likeness (QED) is 0.422. The number of benzene rings is 3. The van der Waals surface area contributed by atoms with E-state index in [1.54, 1.807) is 24.3 Å². The number of morpholine rings is 1. The first kappa shape index (κ1) is 21.1. The van der Waals surface area contributed by atoms with Gasteiger partial charge in [-0.2, -0.15) is 0 Å². The number of hydrogen-bond donors (Lipinski definition) is 1. The van der Waals surface area contributed by atoms with E-state index >= 15 is 0 Å². The molecule has 4 aromatic rings. The normalized spacial score (nSPS) is 13.9. The summed E-state index contributed by atoms with van der Waals surface area (Å²) >= 11 is 0. The number of anilines is 1. The third kappa shape index (κ3) is 4.43. The van der Waals surface area contributed by atoms with Crippen LogP contribution < -0.4 is 4.90 Å². The fraction of sp³-hybridized carbons (Fsp3) is 0.222. The molecule has 1 fully saturated rings. The van der Waals surface area contributed by atoms with E-state index in [9.17, 15) is 9.90 Å².